The predicted molar refractivity (Wildman–Crippen MR) is 76.5 cm³/mol. The molecule has 0 aromatic heterocycles. The maximum absolute atomic E-state index is 12.3. The van der Waals surface area contributed by atoms with Gasteiger partial charge >= 0.3 is 0 Å². The summed E-state index contributed by atoms with van der Waals surface area (Å²) in [5.41, 5.74) is 6.03. The van der Waals surface area contributed by atoms with E-state index >= 15 is 0 Å². The van der Waals surface area contributed by atoms with Gasteiger partial charge in [0, 0.05) is 19.0 Å². The van der Waals surface area contributed by atoms with Gasteiger partial charge in [0.2, 0.25) is 5.91 Å². The molecule has 3 heteroatoms. The smallest absolute Gasteiger partial charge is 0.220 e. The fourth-order valence-electron chi connectivity index (χ4n) is 5.45. The molecular weight excluding hydrogens is 236 g/mol. The second kappa shape index (κ2) is 5.08. The van der Waals surface area contributed by atoms with Crippen molar-refractivity contribution in [1.29, 1.82) is 0 Å². The molecule has 1 unspecified atom stereocenters. The van der Waals surface area contributed by atoms with Gasteiger partial charge in [0.05, 0.1) is 0 Å². The van der Waals surface area contributed by atoms with Crippen molar-refractivity contribution in [3.63, 3.8) is 0 Å². The number of amides is 1. The molecule has 0 heterocycles. The van der Waals surface area contributed by atoms with Crippen molar-refractivity contribution in [2.24, 2.45) is 28.9 Å². The molecule has 1 atom stereocenters. The highest BCUT2D eigenvalue weighted by atomic mass is 16.1. The number of hydrogen-bond acceptors (Lipinski definition) is 2. The number of nitrogens with one attached hydrogen (secondary N) is 1. The first-order valence-electron chi connectivity index (χ1n) is 8.12. The average molecular weight is 264 g/mol. The van der Waals surface area contributed by atoms with Gasteiger partial charge in [-0.05, 0) is 68.1 Å². The Bertz CT molecular complexity index is 313. The Morgan fingerprint density at radius 1 is 1.21 bits per heavy atom. The van der Waals surface area contributed by atoms with E-state index in [0.717, 1.165) is 30.6 Å². The van der Waals surface area contributed by atoms with E-state index < -0.39 is 0 Å². The van der Waals surface area contributed by atoms with Crippen LogP contribution < -0.4 is 11.1 Å². The zero-order valence-corrected chi connectivity index (χ0v) is 12.2. The van der Waals surface area contributed by atoms with Crippen LogP contribution in [0.2, 0.25) is 0 Å². The van der Waals surface area contributed by atoms with Crippen molar-refractivity contribution < 1.29 is 4.79 Å². The van der Waals surface area contributed by atoms with Crippen molar-refractivity contribution in [1.82, 2.24) is 5.32 Å². The zero-order chi connectivity index (χ0) is 13.5. The first-order valence-corrected chi connectivity index (χ1v) is 8.12. The second-order valence-corrected chi connectivity index (χ2v) is 7.50. The predicted octanol–water partition coefficient (Wildman–Crippen LogP) is 2.45. The topological polar surface area (TPSA) is 55.1 Å². The highest BCUT2D eigenvalue weighted by Gasteiger charge is 2.51. The lowest BCUT2D eigenvalue weighted by Crippen LogP contribution is -2.49. The Labute approximate surface area is 116 Å². The first kappa shape index (κ1) is 13.4. The van der Waals surface area contributed by atoms with Crippen LogP contribution in [-0.4, -0.2) is 18.5 Å². The number of nitrogens with two attached hydrogens (primary N) is 1. The van der Waals surface area contributed by atoms with E-state index in [2.05, 4.69) is 12.2 Å². The highest BCUT2D eigenvalue weighted by Crippen LogP contribution is 2.61. The van der Waals surface area contributed by atoms with Gasteiger partial charge in [0.1, 0.15) is 0 Å². The minimum atomic E-state index is 0.168. The summed E-state index contributed by atoms with van der Waals surface area (Å²) in [7, 11) is 0. The molecule has 1 amide bonds. The van der Waals surface area contributed by atoms with Gasteiger partial charge in [-0.3, -0.25) is 4.79 Å². The van der Waals surface area contributed by atoms with Crippen molar-refractivity contribution in [3.8, 4) is 0 Å². The summed E-state index contributed by atoms with van der Waals surface area (Å²) in [5, 5.41) is 3.13. The first-order chi connectivity index (χ1) is 9.12. The van der Waals surface area contributed by atoms with Crippen LogP contribution in [0.25, 0.3) is 0 Å². The van der Waals surface area contributed by atoms with Crippen LogP contribution in [0.3, 0.4) is 0 Å². The monoisotopic (exact) mass is 264 g/mol. The van der Waals surface area contributed by atoms with Gasteiger partial charge in [-0.2, -0.15) is 0 Å². The summed E-state index contributed by atoms with van der Waals surface area (Å²) in [4.78, 5) is 12.3. The maximum Gasteiger partial charge on any atom is 0.220 e. The Morgan fingerprint density at radius 2 is 1.74 bits per heavy atom. The minimum Gasteiger partial charge on any atom is -0.352 e. The fourth-order valence-corrected chi connectivity index (χ4v) is 5.45. The van der Waals surface area contributed by atoms with Gasteiger partial charge in [0.25, 0.3) is 0 Å². The number of hydrogen-bond donors (Lipinski definition) is 2. The van der Waals surface area contributed by atoms with E-state index in [4.69, 9.17) is 5.73 Å². The Morgan fingerprint density at radius 3 is 2.16 bits per heavy atom. The van der Waals surface area contributed by atoms with Gasteiger partial charge in [-0.1, -0.05) is 6.92 Å². The van der Waals surface area contributed by atoms with E-state index in [1.165, 1.54) is 38.5 Å². The van der Waals surface area contributed by atoms with Crippen molar-refractivity contribution >= 4 is 5.91 Å². The van der Waals surface area contributed by atoms with Crippen LogP contribution in [0.5, 0.6) is 0 Å². The van der Waals surface area contributed by atoms with Crippen LogP contribution in [0.4, 0.5) is 0 Å². The average Bonchev–Trinajstić information content (AvgIpc) is 2.33. The molecular formula is C16H28N2O. The molecule has 0 saturated heterocycles. The molecule has 0 aliphatic heterocycles. The van der Waals surface area contributed by atoms with Gasteiger partial charge in [0.15, 0.2) is 0 Å². The third kappa shape index (κ3) is 2.67. The quantitative estimate of drug-likeness (QED) is 0.801. The molecule has 3 nitrogen and oxygen atoms in total. The Hall–Kier alpha value is -0.570. The lowest BCUT2D eigenvalue weighted by molar-refractivity contribution is -0.130. The molecule has 4 aliphatic rings. The molecule has 19 heavy (non-hydrogen) atoms. The number of carbonyl (C=O) groups excluding carboxylic acids is 1. The normalized spacial score (nSPS) is 41.3. The molecule has 4 fully saturated rings. The fraction of sp³-hybridized carbons (Fsp3) is 0.938. The number of rotatable bonds is 5. The van der Waals surface area contributed by atoms with Crippen molar-refractivity contribution in [2.45, 2.75) is 64.3 Å². The second-order valence-electron chi connectivity index (χ2n) is 7.50. The third-order valence-corrected chi connectivity index (χ3v) is 5.84. The molecule has 108 valence electrons. The van der Waals surface area contributed by atoms with Crippen LogP contribution in [0.1, 0.15) is 58.3 Å². The maximum atomic E-state index is 12.3. The SMILES string of the molecule is CCC(CN)NC(=O)CC12CC3CC(CC(C3)C1)C2. The molecule has 0 radical (unpaired) electrons. The van der Waals surface area contributed by atoms with Gasteiger partial charge in [-0.25, -0.2) is 0 Å². The molecule has 4 saturated carbocycles. The number of carbonyl (C=O) groups is 1. The largest absolute Gasteiger partial charge is 0.352 e. The van der Waals surface area contributed by atoms with Crippen LogP contribution >= 0.6 is 0 Å². The standard InChI is InChI=1S/C16H28N2O/c1-2-14(10-17)18-15(19)9-16-6-11-3-12(7-16)5-13(4-11)8-16/h11-14H,2-10,17H2,1H3,(H,18,19). The van der Waals surface area contributed by atoms with Crippen molar-refractivity contribution in [3.05, 3.63) is 0 Å². The molecule has 0 spiro atoms. The zero-order valence-electron chi connectivity index (χ0n) is 12.2. The minimum absolute atomic E-state index is 0.168. The van der Waals surface area contributed by atoms with Crippen LogP contribution in [0, 0.1) is 23.2 Å². The summed E-state index contributed by atoms with van der Waals surface area (Å²) in [6.07, 6.45) is 9.96. The van der Waals surface area contributed by atoms with E-state index in [0.29, 0.717) is 12.0 Å². The lowest BCUT2D eigenvalue weighted by Gasteiger charge is -2.56. The summed E-state index contributed by atoms with van der Waals surface area (Å²) in [6.45, 7) is 2.64. The van der Waals surface area contributed by atoms with Gasteiger partial charge in [-0.15, -0.1) is 0 Å². The Kier molecular flexibility index (Phi) is 3.59. The molecule has 4 rings (SSSR count). The van der Waals surface area contributed by atoms with E-state index in [1.807, 2.05) is 0 Å². The summed E-state index contributed by atoms with van der Waals surface area (Å²) in [5.74, 6) is 3.03. The third-order valence-electron chi connectivity index (χ3n) is 5.84. The lowest BCUT2D eigenvalue weighted by atomic mass is 9.49. The summed E-state index contributed by atoms with van der Waals surface area (Å²) >= 11 is 0. The van der Waals surface area contributed by atoms with E-state index in [-0.39, 0.29) is 11.9 Å². The van der Waals surface area contributed by atoms with Gasteiger partial charge < -0.3 is 11.1 Å². The van der Waals surface area contributed by atoms with Crippen molar-refractivity contribution in [2.75, 3.05) is 6.54 Å². The van der Waals surface area contributed by atoms with E-state index in [9.17, 15) is 4.79 Å². The highest BCUT2D eigenvalue weighted by molar-refractivity contribution is 5.77. The Balaban J connectivity index is 1.61. The van der Waals surface area contributed by atoms with Crippen LogP contribution in [-0.2, 0) is 4.79 Å². The molecule has 4 aliphatic carbocycles. The van der Waals surface area contributed by atoms with Crippen LogP contribution in [0.15, 0.2) is 0 Å². The molecule has 4 bridgehead atoms. The molecule has 0 aromatic carbocycles. The summed E-state index contributed by atoms with van der Waals surface area (Å²) < 4.78 is 0. The van der Waals surface area contributed by atoms with E-state index in [1.54, 1.807) is 0 Å². The molecule has 3 N–H and O–H groups in total. The summed E-state index contributed by atoms with van der Waals surface area (Å²) in [6, 6.07) is 0.168. The molecule has 0 aromatic rings.